The number of hydrogen-bond donors (Lipinski definition) is 1. The van der Waals surface area contributed by atoms with Crippen LogP contribution in [-0.4, -0.2) is 32.4 Å². The van der Waals surface area contributed by atoms with Gasteiger partial charge in [0.05, 0.1) is 30.4 Å². The van der Waals surface area contributed by atoms with Gasteiger partial charge < -0.3 is 19.9 Å². The van der Waals surface area contributed by atoms with Gasteiger partial charge in [-0.25, -0.2) is 0 Å². The molecule has 0 heterocycles. The van der Waals surface area contributed by atoms with E-state index in [1.54, 1.807) is 32.4 Å². The van der Waals surface area contributed by atoms with Gasteiger partial charge in [-0.15, -0.1) is 11.8 Å². The monoisotopic (exact) mass is 375 g/mol. The van der Waals surface area contributed by atoms with Crippen LogP contribution in [0.15, 0.2) is 41.3 Å². The molecule has 140 valence electrons. The molecule has 5 nitrogen and oxygen atoms in total. The number of rotatable bonds is 9. The second kappa shape index (κ2) is 9.38. The van der Waals surface area contributed by atoms with Gasteiger partial charge in [0.2, 0.25) is 5.78 Å². The van der Waals surface area contributed by atoms with Crippen LogP contribution in [-0.2, 0) is 0 Å². The van der Waals surface area contributed by atoms with Crippen LogP contribution in [0, 0.1) is 0 Å². The van der Waals surface area contributed by atoms with E-state index in [1.807, 2.05) is 31.4 Å². The maximum Gasteiger partial charge on any atom is 0.207 e. The molecule has 0 aliphatic carbocycles. The standard InChI is InChI=1S/C20H25NO4S/c1-5-8-16(25-15-10-7-6-9-14(15)21)20(22)13-11-18(24-3)19(26-4)12-17(13)23-2/h6-7,9-12,16H,5,8,21H2,1-4H3. The van der Waals surface area contributed by atoms with Gasteiger partial charge in [0, 0.05) is 0 Å². The third-order valence-electron chi connectivity index (χ3n) is 4.00. The fourth-order valence-corrected chi connectivity index (χ4v) is 3.21. The zero-order valence-corrected chi connectivity index (χ0v) is 16.4. The van der Waals surface area contributed by atoms with E-state index in [2.05, 4.69) is 0 Å². The van der Waals surface area contributed by atoms with Gasteiger partial charge in [-0.3, -0.25) is 4.79 Å². The maximum absolute atomic E-state index is 13.2. The number of benzene rings is 2. The van der Waals surface area contributed by atoms with Gasteiger partial charge >= 0.3 is 0 Å². The van der Waals surface area contributed by atoms with Crippen molar-refractivity contribution in [3.8, 4) is 17.2 Å². The zero-order valence-electron chi connectivity index (χ0n) is 15.6. The van der Waals surface area contributed by atoms with E-state index in [0.717, 1.165) is 11.3 Å². The molecule has 0 spiro atoms. The normalized spacial score (nSPS) is 11.7. The summed E-state index contributed by atoms with van der Waals surface area (Å²) < 4.78 is 16.8. The molecule has 0 aliphatic rings. The molecule has 0 saturated carbocycles. The van der Waals surface area contributed by atoms with Crippen molar-refractivity contribution in [2.24, 2.45) is 0 Å². The summed E-state index contributed by atoms with van der Waals surface area (Å²) in [5, 5.41) is 0. The molecular weight excluding hydrogens is 350 g/mol. The summed E-state index contributed by atoms with van der Waals surface area (Å²) >= 11 is 1.53. The van der Waals surface area contributed by atoms with E-state index in [-0.39, 0.29) is 5.78 Å². The minimum absolute atomic E-state index is 0.155. The Labute approximate surface area is 158 Å². The third-order valence-corrected chi connectivity index (χ3v) is 4.76. The number of Topliss-reactive ketones (excluding diaryl/α,β-unsaturated/α-hetero) is 1. The van der Waals surface area contributed by atoms with Crippen LogP contribution in [0.4, 0.5) is 5.69 Å². The average molecular weight is 375 g/mol. The number of nitrogens with two attached hydrogens (primary N) is 1. The molecular formula is C20H25NO4S. The molecule has 1 unspecified atom stereocenters. The smallest absolute Gasteiger partial charge is 0.207 e. The summed E-state index contributed by atoms with van der Waals surface area (Å²) in [6.45, 7) is 2.01. The van der Waals surface area contributed by atoms with Crippen molar-refractivity contribution in [1.29, 1.82) is 0 Å². The van der Waals surface area contributed by atoms with Crippen molar-refractivity contribution < 1.29 is 19.0 Å². The van der Waals surface area contributed by atoms with Crippen molar-refractivity contribution in [1.82, 2.24) is 0 Å². The van der Waals surface area contributed by atoms with Crippen molar-refractivity contribution in [2.75, 3.05) is 26.2 Å². The average Bonchev–Trinajstić information content (AvgIpc) is 2.67. The first-order valence-corrected chi connectivity index (χ1v) is 9.63. The van der Waals surface area contributed by atoms with Crippen LogP contribution in [0.25, 0.3) is 0 Å². The summed E-state index contributed by atoms with van der Waals surface area (Å²) in [5.74, 6) is 1.49. The molecule has 6 heteroatoms. The molecule has 2 aromatic carbocycles. The predicted molar refractivity (Wildman–Crippen MR) is 106 cm³/mol. The lowest BCUT2D eigenvalue weighted by molar-refractivity contribution is 0.0775. The number of thioether (sulfide) groups is 1. The van der Waals surface area contributed by atoms with E-state index in [1.165, 1.54) is 11.8 Å². The predicted octanol–water partition coefficient (Wildman–Crippen LogP) is 4.44. The Bertz CT molecular complexity index is 763. The van der Waals surface area contributed by atoms with Crippen LogP contribution >= 0.6 is 11.8 Å². The quantitative estimate of drug-likeness (QED) is 0.397. The van der Waals surface area contributed by atoms with E-state index in [0.29, 0.717) is 34.9 Å². The number of carbonyl (C=O) groups excluding carboxylic acids is 1. The number of ether oxygens (including phenoxy) is 3. The highest BCUT2D eigenvalue weighted by molar-refractivity contribution is 7.98. The number of hydrogen-bond acceptors (Lipinski definition) is 6. The van der Waals surface area contributed by atoms with Gasteiger partial charge in [0.1, 0.15) is 17.2 Å². The molecule has 0 aromatic heterocycles. The topological polar surface area (TPSA) is 70.8 Å². The molecule has 0 saturated heterocycles. The van der Waals surface area contributed by atoms with Crippen LogP contribution in [0.5, 0.6) is 17.2 Å². The summed E-state index contributed by atoms with van der Waals surface area (Å²) in [6.07, 6.45) is 2.66. The minimum Gasteiger partial charge on any atom is -0.496 e. The molecule has 0 aliphatic heterocycles. The molecule has 2 aromatic rings. The summed E-state index contributed by atoms with van der Waals surface area (Å²) in [7, 11) is 3.13. The number of para-hydroxylation sites is 2. The van der Waals surface area contributed by atoms with E-state index in [4.69, 9.17) is 19.9 Å². The van der Waals surface area contributed by atoms with Crippen molar-refractivity contribution in [3.63, 3.8) is 0 Å². The molecule has 26 heavy (non-hydrogen) atoms. The van der Waals surface area contributed by atoms with Gasteiger partial charge in [0.15, 0.2) is 6.10 Å². The Kier molecular flexibility index (Phi) is 7.21. The minimum atomic E-state index is -0.650. The van der Waals surface area contributed by atoms with Crippen LogP contribution in [0.2, 0.25) is 0 Å². The Morgan fingerprint density at radius 1 is 1.12 bits per heavy atom. The molecule has 0 bridgehead atoms. The van der Waals surface area contributed by atoms with Gasteiger partial charge in [0.25, 0.3) is 0 Å². The van der Waals surface area contributed by atoms with E-state index in [9.17, 15) is 4.79 Å². The molecule has 0 fully saturated rings. The number of ketones is 1. The van der Waals surface area contributed by atoms with Gasteiger partial charge in [-0.1, -0.05) is 25.5 Å². The number of carbonyl (C=O) groups is 1. The first-order valence-electron chi connectivity index (χ1n) is 8.41. The molecule has 2 N–H and O–H groups in total. The lowest BCUT2D eigenvalue weighted by Crippen LogP contribution is -2.28. The fourth-order valence-electron chi connectivity index (χ4n) is 2.64. The molecule has 1 atom stereocenters. The lowest BCUT2D eigenvalue weighted by Gasteiger charge is -2.20. The highest BCUT2D eigenvalue weighted by atomic mass is 32.2. The van der Waals surface area contributed by atoms with Gasteiger partial charge in [-0.05, 0) is 36.9 Å². The highest BCUT2D eigenvalue weighted by Crippen LogP contribution is 2.36. The Morgan fingerprint density at radius 2 is 1.81 bits per heavy atom. The molecule has 0 radical (unpaired) electrons. The van der Waals surface area contributed by atoms with E-state index >= 15 is 0 Å². The molecule has 0 amide bonds. The number of anilines is 1. The number of nitrogen functional groups attached to an aromatic ring is 1. The summed E-state index contributed by atoms with van der Waals surface area (Å²) in [5.41, 5.74) is 6.90. The van der Waals surface area contributed by atoms with Crippen LogP contribution in [0.1, 0.15) is 30.1 Å². The van der Waals surface area contributed by atoms with Crippen molar-refractivity contribution in [2.45, 2.75) is 30.8 Å². The first kappa shape index (κ1) is 20.0. The Hall–Kier alpha value is -2.34. The lowest BCUT2D eigenvalue weighted by atomic mass is 10.0. The SMILES string of the molecule is CCCC(Oc1ccccc1N)C(=O)c1cc(OC)c(SC)cc1OC. The summed E-state index contributed by atoms with van der Waals surface area (Å²) in [6, 6.07) is 10.7. The number of methoxy groups -OCH3 is 2. The van der Waals surface area contributed by atoms with Gasteiger partial charge in [-0.2, -0.15) is 0 Å². The van der Waals surface area contributed by atoms with Crippen LogP contribution < -0.4 is 19.9 Å². The Balaban J connectivity index is 2.40. The summed E-state index contributed by atoms with van der Waals surface area (Å²) in [4.78, 5) is 14.1. The second-order valence-electron chi connectivity index (χ2n) is 5.70. The molecule has 2 rings (SSSR count). The second-order valence-corrected chi connectivity index (χ2v) is 6.55. The van der Waals surface area contributed by atoms with Crippen LogP contribution in [0.3, 0.4) is 0 Å². The van der Waals surface area contributed by atoms with Crippen molar-refractivity contribution in [3.05, 3.63) is 42.0 Å². The Morgan fingerprint density at radius 3 is 2.38 bits per heavy atom. The maximum atomic E-state index is 13.2. The zero-order chi connectivity index (χ0) is 19.1. The van der Waals surface area contributed by atoms with Crippen molar-refractivity contribution >= 4 is 23.2 Å². The van der Waals surface area contributed by atoms with E-state index < -0.39 is 6.10 Å². The first-order chi connectivity index (χ1) is 12.5. The fraction of sp³-hybridized carbons (Fsp3) is 0.350. The third kappa shape index (κ3) is 4.43. The largest absolute Gasteiger partial charge is 0.496 e. The highest BCUT2D eigenvalue weighted by Gasteiger charge is 2.26.